The first-order valence-corrected chi connectivity index (χ1v) is 8.19. The summed E-state index contributed by atoms with van der Waals surface area (Å²) in [5.41, 5.74) is 0. The van der Waals surface area contributed by atoms with Gasteiger partial charge in [-0.2, -0.15) is 0 Å². The van der Waals surface area contributed by atoms with Gasteiger partial charge in [0.1, 0.15) is 0 Å². The van der Waals surface area contributed by atoms with E-state index in [0.29, 0.717) is 23.9 Å². The molecule has 3 fully saturated rings. The van der Waals surface area contributed by atoms with Gasteiger partial charge < -0.3 is 10.2 Å². The number of hydrogen-bond acceptors (Lipinski definition) is 2. The van der Waals surface area contributed by atoms with Crippen molar-refractivity contribution in [1.29, 1.82) is 0 Å². The van der Waals surface area contributed by atoms with Crippen molar-refractivity contribution in [1.82, 2.24) is 10.2 Å². The lowest BCUT2D eigenvalue weighted by Crippen LogP contribution is -2.55. The second-order valence-electron chi connectivity index (χ2n) is 7.14. The number of nitrogens with zero attached hydrogens (tertiary/aromatic N) is 1. The van der Waals surface area contributed by atoms with E-state index in [4.69, 9.17) is 0 Å². The Morgan fingerprint density at radius 3 is 2.11 bits per heavy atom. The van der Waals surface area contributed by atoms with Crippen LogP contribution in [-0.2, 0) is 4.79 Å². The molecule has 0 unspecified atom stereocenters. The Labute approximate surface area is 117 Å². The van der Waals surface area contributed by atoms with Gasteiger partial charge in [0.05, 0.1) is 0 Å². The summed E-state index contributed by atoms with van der Waals surface area (Å²) in [7, 11) is 0. The molecule has 1 amide bonds. The van der Waals surface area contributed by atoms with Gasteiger partial charge in [-0.25, -0.2) is 0 Å². The van der Waals surface area contributed by atoms with Crippen LogP contribution in [0, 0.1) is 17.8 Å². The van der Waals surface area contributed by atoms with Gasteiger partial charge in [-0.3, -0.25) is 4.79 Å². The van der Waals surface area contributed by atoms with Crippen molar-refractivity contribution < 1.29 is 4.79 Å². The molecule has 3 heteroatoms. The molecule has 2 saturated heterocycles. The maximum Gasteiger partial charge on any atom is 0.226 e. The van der Waals surface area contributed by atoms with E-state index in [0.717, 1.165) is 37.8 Å². The van der Waals surface area contributed by atoms with E-state index in [1.54, 1.807) is 0 Å². The molecule has 2 atom stereocenters. The molecule has 2 bridgehead atoms. The van der Waals surface area contributed by atoms with Gasteiger partial charge in [-0.05, 0) is 50.4 Å². The van der Waals surface area contributed by atoms with E-state index < -0.39 is 0 Å². The maximum atomic E-state index is 12.8. The van der Waals surface area contributed by atoms with Crippen LogP contribution in [0.15, 0.2) is 0 Å². The molecule has 0 aromatic heterocycles. The Hall–Kier alpha value is -0.570. The maximum absolute atomic E-state index is 12.8. The summed E-state index contributed by atoms with van der Waals surface area (Å²) >= 11 is 0. The summed E-state index contributed by atoms with van der Waals surface area (Å²) in [6, 6.07) is 0.989. The number of piperazine rings is 1. The largest absolute Gasteiger partial charge is 0.334 e. The van der Waals surface area contributed by atoms with Crippen LogP contribution < -0.4 is 5.32 Å². The fourth-order valence-electron chi connectivity index (χ4n) is 4.38. The predicted octanol–water partition coefficient (Wildman–Crippen LogP) is 2.41. The molecule has 2 heterocycles. The van der Waals surface area contributed by atoms with Gasteiger partial charge in [0.2, 0.25) is 5.91 Å². The lowest BCUT2D eigenvalue weighted by atomic mass is 9.76. The highest BCUT2D eigenvalue weighted by atomic mass is 16.2. The number of nitrogens with one attached hydrogen (secondary N) is 1. The Balaban J connectivity index is 1.60. The van der Waals surface area contributed by atoms with Gasteiger partial charge in [0.25, 0.3) is 0 Å². The summed E-state index contributed by atoms with van der Waals surface area (Å²) in [6.45, 7) is 6.68. The summed E-state index contributed by atoms with van der Waals surface area (Å²) in [5.74, 6) is 2.45. The van der Waals surface area contributed by atoms with Crippen LogP contribution >= 0.6 is 0 Å². The molecule has 0 radical (unpaired) electrons. The van der Waals surface area contributed by atoms with Crippen molar-refractivity contribution in [2.75, 3.05) is 13.1 Å². The molecule has 19 heavy (non-hydrogen) atoms. The standard InChI is InChI=1S/C16H28N2O/c1-11(2)12-3-5-13(6-4-12)16(19)18-14-7-8-15(18)10-17-9-14/h11-15,17H,3-10H2,1-2H3/t12?,13?,14-,15+. The second kappa shape index (κ2) is 5.43. The molecule has 0 aromatic carbocycles. The quantitative estimate of drug-likeness (QED) is 0.830. The molecule has 0 spiro atoms. The summed E-state index contributed by atoms with van der Waals surface area (Å²) in [6.07, 6.45) is 7.20. The van der Waals surface area contributed by atoms with Crippen molar-refractivity contribution in [3.63, 3.8) is 0 Å². The zero-order valence-electron chi connectivity index (χ0n) is 12.4. The Kier molecular flexibility index (Phi) is 3.84. The van der Waals surface area contributed by atoms with Crippen LogP contribution in [0.25, 0.3) is 0 Å². The molecule has 1 N–H and O–H groups in total. The summed E-state index contributed by atoms with van der Waals surface area (Å²) in [5, 5.41) is 3.46. The minimum absolute atomic E-state index is 0.330. The third-order valence-electron chi connectivity index (χ3n) is 5.70. The third kappa shape index (κ3) is 2.54. The van der Waals surface area contributed by atoms with Gasteiger partial charge >= 0.3 is 0 Å². The van der Waals surface area contributed by atoms with E-state index in [2.05, 4.69) is 24.1 Å². The average Bonchev–Trinajstić information content (AvgIpc) is 2.67. The number of amides is 1. The normalized spacial score (nSPS) is 38.8. The molecule has 3 rings (SSSR count). The number of carbonyl (C=O) groups excluding carboxylic acids is 1. The second-order valence-corrected chi connectivity index (χ2v) is 7.14. The Morgan fingerprint density at radius 1 is 1.00 bits per heavy atom. The van der Waals surface area contributed by atoms with Gasteiger partial charge in [-0.1, -0.05) is 13.8 Å². The fraction of sp³-hybridized carbons (Fsp3) is 0.938. The minimum Gasteiger partial charge on any atom is -0.334 e. The highest BCUT2D eigenvalue weighted by molar-refractivity contribution is 5.80. The van der Waals surface area contributed by atoms with Gasteiger partial charge in [0.15, 0.2) is 0 Å². The third-order valence-corrected chi connectivity index (χ3v) is 5.70. The van der Waals surface area contributed by atoms with Crippen LogP contribution in [0.2, 0.25) is 0 Å². The molecule has 1 saturated carbocycles. The van der Waals surface area contributed by atoms with E-state index in [-0.39, 0.29) is 0 Å². The zero-order valence-corrected chi connectivity index (χ0v) is 12.4. The smallest absolute Gasteiger partial charge is 0.226 e. The molecule has 3 nitrogen and oxygen atoms in total. The number of hydrogen-bond donors (Lipinski definition) is 1. The topological polar surface area (TPSA) is 32.3 Å². The average molecular weight is 264 g/mol. The van der Waals surface area contributed by atoms with E-state index >= 15 is 0 Å². The van der Waals surface area contributed by atoms with Crippen molar-refractivity contribution in [2.45, 2.75) is 64.5 Å². The SMILES string of the molecule is CC(C)C1CCC(C(=O)N2[C@@H]3CC[C@H]2CNC3)CC1. The molecular weight excluding hydrogens is 236 g/mol. The lowest BCUT2D eigenvalue weighted by Gasteiger charge is -2.39. The molecule has 1 aliphatic carbocycles. The first kappa shape index (κ1) is 13.4. The zero-order chi connectivity index (χ0) is 13.4. The van der Waals surface area contributed by atoms with E-state index in [1.807, 2.05) is 0 Å². The van der Waals surface area contributed by atoms with Crippen LogP contribution in [0.5, 0.6) is 0 Å². The van der Waals surface area contributed by atoms with Crippen molar-refractivity contribution in [2.24, 2.45) is 17.8 Å². The highest BCUT2D eigenvalue weighted by Crippen LogP contribution is 2.36. The monoisotopic (exact) mass is 264 g/mol. The molecule has 3 aliphatic rings. The molecule has 0 aromatic rings. The van der Waals surface area contributed by atoms with E-state index in [1.165, 1.54) is 25.7 Å². The first-order valence-electron chi connectivity index (χ1n) is 8.19. The van der Waals surface area contributed by atoms with Crippen molar-refractivity contribution >= 4 is 5.91 Å². The number of carbonyl (C=O) groups is 1. The number of rotatable bonds is 2. The molecule has 108 valence electrons. The minimum atomic E-state index is 0.330. The predicted molar refractivity (Wildman–Crippen MR) is 76.8 cm³/mol. The number of fused-ring (bicyclic) bond motifs is 2. The summed E-state index contributed by atoms with van der Waals surface area (Å²) in [4.78, 5) is 15.0. The Morgan fingerprint density at radius 2 is 1.58 bits per heavy atom. The van der Waals surface area contributed by atoms with Gasteiger partial charge in [-0.15, -0.1) is 0 Å². The van der Waals surface area contributed by atoms with Crippen molar-refractivity contribution in [3.05, 3.63) is 0 Å². The summed E-state index contributed by atoms with van der Waals surface area (Å²) < 4.78 is 0. The van der Waals surface area contributed by atoms with Crippen LogP contribution in [-0.4, -0.2) is 36.0 Å². The molecule has 2 aliphatic heterocycles. The van der Waals surface area contributed by atoms with Crippen LogP contribution in [0.1, 0.15) is 52.4 Å². The first-order chi connectivity index (χ1) is 9.16. The highest BCUT2D eigenvalue weighted by Gasteiger charge is 2.42. The molecular formula is C16H28N2O. The fourth-order valence-corrected chi connectivity index (χ4v) is 4.38. The van der Waals surface area contributed by atoms with Crippen LogP contribution in [0.4, 0.5) is 0 Å². The Bertz CT molecular complexity index is 318. The van der Waals surface area contributed by atoms with Gasteiger partial charge in [0, 0.05) is 31.1 Å². The van der Waals surface area contributed by atoms with Crippen molar-refractivity contribution in [3.8, 4) is 0 Å². The lowest BCUT2D eigenvalue weighted by molar-refractivity contribution is -0.140. The van der Waals surface area contributed by atoms with Crippen LogP contribution in [0.3, 0.4) is 0 Å². The van der Waals surface area contributed by atoms with E-state index in [9.17, 15) is 4.79 Å².